The predicted octanol–water partition coefficient (Wildman–Crippen LogP) is 4.99. The van der Waals surface area contributed by atoms with Crippen molar-refractivity contribution in [2.75, 3.05) is 5.32 Å². The van der Waals surface area contributed by atoms with Crippen LogP contribution in [0.3, 0.4) is 0 Å². The van der Waals surface area contributed by atoms with Gasteiger partial charge in [-0.25, -0.2) is 0 Å². The van der Waals surface area contributed by atoms with Gasteiger partial charge < -0.3 is 10.4 Å². The number of thiophene rings is 1. The third-order valence-electron chi connectivity index (χ3n) is 3.29. The van der Waals surface area contributed by atoms with Gasteiger partial charge in [-0.1, -0.05) is 12.1 Å². The lowest BCUT2D eigenvalue weighted by atomic mass is 10.1. The number of amides is 1. The molecule has 0 aliphatic carbocycles. The molecule has 0 saturated carbocycles. The van der Waals surface area contributed by atoms with E-state index in [1.165, 1.54) is 18.2 Å². The van der Waals surface area contributed by atoms with Gasteiger partial charge in [-0.15, -0.1) is 11.3 Å². The molecule has 3 aromatic rings. The van der Waals surface area contributed by atoms with E-state index in [1.54, 1.807) is 18.2 Å². The van der Waals surface area contributed by atoms with Gasteiger partial charge in [0.2, 0.25) is 0 Å². The van der Waals surface area contributed by atoms with Crippen LogP contribution in [0.15, 0.2) is 48.5 Å². The average molecular weight is 361 g/mol. The Kier molecular flexibility index (Phi) is 4.38. The summed E-state index contributed by atoms with van der Waals surface area (Å²) in [5.74, 6) is -0.514. The van der Waals surface area contributed by atoms with E-state index in [4.69, 9.17) is 5.11 Å². The first kappa shape index (κ1) is 16.9. The Labute approximate surface area is 145 Å². The molecule has 0 fully saturated rings. The molecule has 1 heterocycles. The molecule has 0 unspecified atom stereocenters. The fraction of sp³-hybridized carbons (Fsp3) is 0.0556. The van der Waals surface area contributed by atoms with E-state index >= 15 is 0 Å². The van der Waals surface area contributed by atoms with Crippen LogP contribution in [0.4, 0.5) is 18.9 Å². The second kappa shape index (κ2) is 6.49. The molecule has 25 heavy (non-hydrogen) atoms. The number of rotatable bonds is 3. The zero-order valence-electron chi connectivity index (χ0n) is 12.5. The maximum Gasteiger partial charge on any atom is 0.416 e. The van der Waals surface area contributed by atoms with Crippen molar-refractivity contribution in [1.82, 2.24) is 0 Å². The zero-order valence-corrected chi connectivity index (χ0v) is 13.3. The zero-order chi connectivity index (χ0) is 18.0. The summed E-state index contributed by atoms with van der Waals surface area (Å²) >= 11 is 1.08. The topological polar surface area (TPSA) is 49.3 Å². The van der Waals surface area contributed by atoms with Crippen LogP contribution in [0.1, 0.15) is 15.2 Å². The van der Waals surface area contributed by atoms with Gasteiger partial charge in [-0.05, 0) is 54.1 Å². The number of halogens is 3. The quantitative estimate of drug-likeness (QED) is 0.690. The molecule has 0 atom stereocenters. The van der Waals surface area contributed by atoms with Crippen LogP contribution < -0.4 is 5.32 Å². The average Bonchev–Trinajstić information content (AvgIpc) is 3.06. The van der Waals surface area contributed by atoms with E-state index in [-0.39, 0.29) is 5.75 Å². The molecule has 3 rings (SSSR count). The van der Waals surface area contributed by atoms with Crippen LogP contribution in [0.2, 0.25) is 0 Å². The monoisotopic (exact) mass is 361 g/mol. The molecule has 1 aromatic heterocycles. The summed E-state index contributed by atoms with van der Waals surface area (Å²) in [6, 6.07) is 15.9. The molecule has 0 aliphatic rings. The summed E-state index contributed by atoms with van der Waals surface area (Å²) in [6.45, 7) is 0. The van der Waals surface area contributed by atoms with Crippen molar-refractivity contribution in [3.8, 4) is 16.2 Å². The van der Waals surface area contributed by atoms with Gasteiger partial charge in [0.05, 0.1) is 16.1 Å². The van der Waals surface area contributed by atoms with Crippen LogP contribution in [0.5, 0.6) is 5.75 Å². The molecular weight excluding hydrogens is 351 g/mol. The summed E-state index contributed by atoms with van der Waals surface area (Å²) in [4.78, 5) is 13.1. The van der Waals surface area contributed by atoms with Crippen molar-refractivity contribution in [3.63, 3.8) is 0 Å². The first-order valence-electron chi connectivity index (χ1n) is 7.05. The Morgan fingerprint density at radius 1 is 1.08 bits per heavy atom. The molecule has 3 nitrogen and oxygen atoms in total. The highest BCUT2D eigenvalue weighted by molar-refractivity contribution is 7.17. The Morgan fingerprint density at radius 2 is 1.88 bits per heavy atom. The van der Waals surface area contributed by atoms with Gasteiger partial charge in [0, 0.05) is 4.88 Å². The third kappa shape index (κ3) is 3.92. The number of alkyl halides is 3. The normalized spacial score (nSPS) is 11.0. The van der Waals surface area contributed by atoms with Crippen molar-refractivity contribution < 1.29 is 23.1 Å². The first-order valence-corrected chi connectivity index (χ1v) is 7.86. The highest BCUT2D eigenvalue weighted by atomic mass is 32.1. The van der Waals surface area contributed by atoms with Gasteiger partial charge in [-0.2, -0.15) is 13.2 Å². The van der Waals surface area contributed by atoms with Crippen molar-refractivity contribution >= 4 is 22.9 Å². The highest BCUT2D eigenvalue weighted by Crippen LogP contribution is 2.34. The second-order valence-electron chi connectivity index (χ2n) is 5.08. The van der Waals surface area contributed by atoms with E-state index in [1.807, 2.05) is 0 Å². The molecule has 0 aliphatic heterocycles. The fourth-order valence-corrected chi connectivity index (χ4v) is 3.00. The highest BCUT2D eigenvalue weighted by Gasteiger charge is 2.30. The molecule has 2 aromatic carbocycles. The van der Waals surface area contributed by atoms with Crippen molar-refractivity contribution in [3.05, 3.63) is 71.1 Å². The van der Waals surface area contributed by atoms with Crippen LogP contribution in [-0.2, 0) is 6.18 Å². The molecule has 126 valence electrons. The lowest BCUT2D eigenvalue weighted by molar-refractivity contribution is -0.137. The summed E-state index contributed by atoms with van der Waals surface area (Å²) in [5.41, 5.74) is -0.0149. The summed E-state index contributed by atoms with van der Waals surface area (Å²) < 4.78 is 38.4. The lowest BCUT2D eigenvalue weighted by Gasteiger charge is -2.07. The molecule has 2 N–H and O–H groups in total. The van der Waals surface area contributed by atoms with Crippen LogP contribution in [0.25, 0.3) is 10.4 Å². The Morgan fingerprint density at radius 3 is 2.56 bits per heavy atom. The van der Waals surface area contributed by atoms with Crippen molar-refractivity contribution in [1.29, 1.82) is 0 Å². The third-order valence-corrected chi connectivity index (χ3v) is 4.42. The number of anilines is 1. The van der Waals surface area contributed by atoms with Crippen LogP contribution >= 0.6 is 11.3 Å². The number of aromatic hydroxyl groups is 1. The Hall–Kier alpha value is -2.98. The van der Waals surface area contributed by atoms with E-state index < -0.39 is 17.6 Å². The number of hydrogen-bond donors (Lipinski definition) is 2. The van der Waals surface area contributed by atoms with Crippen LogP contribution in [0, 0.1) is 12.1 Å². The molecular formula is C18H10F3NO2S. The lowest BCUT2D eigenvalue weighted by Crippen LogP contribution is -2.09. The van der Waals surface area contributed by atoms with Gasteiger partial charge in [-0.3, -0.25) is 4.79 Å². The maximum atomic E-state index is 12.8. The molecule has 0 spiro atoms. The van der Waals surface area contributed by atoms with E-state index in [0.717, 1.165) is 23.5 Å². The number of hydrogen-bond acceptors (Lipinski definition) is 3. The number of nitrogens with one attached hydrogen (secondary N) is 1. The van der Waals surface area contributed by atoms with Crippen molar-refractivity contribution in [2.45, 2.75) is 6.18 Å². The predicted molar refractivity (Wildman–Crippen MR) is 88.5 cm³/mol. The largest absolute Gasteiger partial charge is 0.501 e. The first-order chi connectivity index (χ1) is 11.8. The summed E-state index contributed by atoms with van der Waals surface area (Å²) in [5, 5.41) is 11.7. The molecule has 7 heteroatoms. The molecule has 1 amide bonds. The van der Waals surface area contributed by atoms with E-state index in [0.29, 0.717) is 21.0 Å². The number of carbonyl (C=O) groups is 1. The Bertz CT molecular complexity index is 901. The van der Waals surface area contributed by atoms with Crippen molar-refractivity contribution in [2.24, 2.45) is 0 Å². The standard InChI is InChI=1S/C18H10F3NO2S/c19-18(20,21)12-3-1-2-11(10-12)15-8-9-16(25-15)17(24)22-13-4-6-14(23)7-5-13/h1-4,6,8-10,23H,(H,22,24). The minimum Gasteiger partial charge on any atom is -0.501 e. The van der Waals surface area contributed by atoms with Gasteiger partial charge >= 0.3 is 6.18 Å². The Balaban J connectivity index is 1.80. The minimum atomic E-state index is -4.42. The minimum absolute atomic E-state index is 0.0963. The van der Waals surface area contributed by atoms with Gasteiger partial charge in [0.25, 0.3) is 5.91 Å². The van der Waals surface area contributed by atoms with Gasteiger partial charge in [0.15, 0.2) is 5.75 Å². The van der Waals surface area contributed by atoms with E-state index in [2.05, 4.69) is 17.4 Å². The fourth-order valence-electron chi connectivity index (χ4n) is 2.10. The molecule has 0 saturated heterocycles. The molecule has 0 radical (unpaired) electrons. The smallest absolute Gasteiger partial charge is 0.416 e. The SMILES string of the molecule is O=C(Nc1c#cc(O)cc1)c1ccc(-c2cccc(C(F)(F)F)c2)s1. The van der Waals surface area contributed by atoms with Crippen LogP contribution in [-0.4, -0.2) is 11.0 Å². The van der Waals surface area contributed by atoms with E-state index in [9.17, 15) is 18.0 Å². The molecule has 0 bridgehead atoms. The second-order valence-corrected chi connectivity index (χ2v) is 6.16. The maximum absolute atomic E-state index is 12.8. The number of benzene rings is 1. The summed E-state index contributed by atoms with van der Waals surface area (Å²) in [7, 11) is 0. The summed E-state index contributed by atoms with van der Waals surface area (Å²) in [6.07, 6.45) is -4.42. The number of carbonyl (C=O) groups excluding carboxylic acids is 1. The van der Waals surface area contributed by atoms with Gasteiger partial charge in [0.1, 0.15) is 0 Å².